The molecule has 3 rings (SSSR count). The van der Waals surface area contributed by atoms with Crippen LogP contribution in [0.2, 0.25) is 0 Å². The van der Waals surface area contributed by atoms with E-state index in [4.69, 9.17) is 0 Å². The summed E-state index contributed by atoms with van der Waals surface area (Å²) >= 11 is 0. The lowest BCUT2D eigenvalue weighted by atomic mass is 9.95. The average Bonchev–Trinajstić information content (AvgIpc) is 3.07. The third kappa shape index (κ3) is 2.08. The van der Waals surface area contributed by atoms with E-state index >= 15 is 0 Å². The molecule has 3 heterocycles. The molecule has 0 aliphatic carbocycles. The molecule has 2 aliphatic heterocycles. The van der Waals surface area contributed by atoms with Gasteiger partial charge in [-0.1, -0.05) is 6.92 Å². The van der Waals surface area contributed by atoms with Crippen molar-refractivity contribution in [3.63, 3.8) is 0 Å². The highest BCUT2D eigenvalue weighted by Crippen LogP contribution is 2.33. The summed E-state index contributed by atoms with van der Waals surface area (Å²) in [7, 11) is 0. The molecule has 3 unspecified atom stereocenters. The second-order valence-electron chi connectivity index (χ2n) is 5.87. The molecule has 2 aliphatic rings. The largest absolute Gasteiger partial charge is 0.344 e. The zero-order chi connectivity index (χ0) is 13.4. The molecule has 19 heavy (non-hydrogen) atoms. The summed E-state index contributed by atoms with van der Waals surface area (Å²) in [5.74, 6) is 1.49. The molecule has 0 radical (unpaired) electrons. The van der Waals surface area contributed by atoms with Crippen molar-refractivity contribution in [2.75, 3.05) is 19.6 Å². The predicted octanol–water partition coefficient (Wildman–Crippen LogP) is 1.58. The minimum atomic E-state index is 0.209. The minimum Gasteiger partial charge on any atom is -0.344 e. The van der Waals surface area contributed by atoms with Crippen LogP contribution < -0.4 is 5.32 Å². The molecular weight excluding hydrogens is 238 g/mol. The molecule has 0 aromatic carbocycles. The van der Waals surface area contributed by atoms with Crippen LogP contribution in [0.25, 0.3) is 0 Å². The lowest BCUT2D eigenvalue weighted by Gasteiger charge is -2.25. The van der Waals surface area contributed by atoms with E-state index in [9.17, 15) is 4.79 Å². The van der Waals surface area contributed by atoms with Gasteiger partial charge in [-0.3, -0.25) is 4.79 Å². The summed E-state index contributed by atoms with van der Waals surface area (Å²) < 4.78 is 2.08. The van der Waals surface area contributed by atoms with Gasteiger partial charge in [0, 0.05) is 38.4 Å². The monoisotopic (exact) mass is 261 g/mol. The molecule has 0 saturated carbocycles. The zero-order valence-corrected chi connectivity index (χ0v) is 11.8. The first-order chi connectivity index (χ1) is 9.22. The molecule has 1 aromatic rings. The Hall–Kier alpha value is -1.29. The Kier molecular flexibility index (Phi) is 3.35. The highest BCUT2D eigenvalue weighted by molar-refractivity contribution is 5.93. The highest BCUT2D eigenvalue weighted by Gasteiger charge is 2.44. The summed E-state index contributed by atoms with van der Waals surface area (Å²) in [5, 5.41) is 3.44. The first-order valence-electron chi connectivity index (χ1n) is 7.39. The molecule has 3 atom stereocenters. The van der Waals surface area contributed by atoms with Gasteiger partial charge in [-0.25, -0.2) is 0 Å². The number of amides is 1. The van der Waals surface area contributed by atoms with Crippen LogP contribution in [0, 0.1) is 11.8 Å². The Morgan fingerprint density at radius 3 is 3.05 bits per heavy atom. The number of fused-ring (bicyclic) bond motifs is 1. The van der Waals surface area contributed by atoms with Gasteiger partial charge >= 0.3 is 0 Å². The Labute approximate surface area is 114 Å². The lowest BCUT2D eigenvalue weighted by Crippen LogP contribution is -2.39. The predicted molar refractivity (Wildman–Crippen MR) is 75.1 cm³/mol. The lowest BCUT2D eigenvalue weighted by molar-refractivity contribution is 0.0717. The number of hydrogen-bond donors (Lipinski definition) is 1. The van der Waals surface area contributed by atoms with Gasteiger partial charge in [-0.05, 0) is 37.3 Å². The molecule has 1 N–H and O–H groups in total. The molecule has 4 heteroatoms. The normalized spacial score (nSPS) is 29.8. The Balaban J connectivity index is 1.79. The van der Waals surface area contributed by atoms with Crippen LogP contribution in [0.4, 0.5) is 0 Å². The molecule has 1 amide bonds. The summed E-state index contributed by atoms with van der Waals surface area (Å²) in [6.07, 6.45) is 3.07. The van der Waals surface area contributed by atoms with E-state index in [0.29, 0.717) is 17.9 Å². The number of nitrogens with one attached hydrogen (secondary N) is 1. The third-order valence-corrected chi connectivity index (χ3v) is 4.71. The fraction of sp³-hybridized carbons (Fsp3) is 0.667. The number of aromatic nitrogens is 1. The molecule has 104 valence electrons. The number of carbonyl (C=O) groups excluding carboxylic acids is 1. The van der Waals surface area contributed by atoms with E-state index in [1.807, 2.05) is 18.3 Å². The summed E-state index contributed by atoms with van der Waals surface area (Å²) in [6, 6.07) is 4.29. The maximum Gasteiger partial charge on any atom is 0.270 e. The van der Waals surface area contributed by atoms with Gasteiger partial charge in [0.2, 0.25) is 0 Å². The number of aryl methyl sites for hydroxylation is 1. The van der Waals surface area contributed by atoms with Gasteiger partial charge in [0.15, 0.2) is 0 Å². The van der Waals surface area contributed by atoms with E-state index in [1.165, 1.54) is 0 Å². The van der Waals surface area contributed by atoms with Gasteiger partial charge in [0.1, 0.15) is 5.69 Å². The maximum absolute atomic E-state index is 12.7. The number of rotatable bonds is 3. The van der Waals surface area contributed by atoms with E-state index < -0.39 is 0 Å². The SMILES string of the molecule is CCCn1cccc1C(=O)N1CC2CNCC2C1C. The first kappa shape index (κ1) is 12.7. The highest BCUT2D eigenvalue weighted by atomic mass is 16.2. The van der Waals surface area contributed by atoms with Gasteiger partial charge in [-0.2, -0.15) is 0 Å². The zero-order valence-electron chi connectivity index (χ0n) is 11.8. The van der Waals surface area contributed by atoms with Crippen molar-refractivity contribution in [2.45, 2.75) is 32.9 Å². The molecule has 2 saturated heterocycles. The number of nitrogens with zero attached hydrogens (tertiary/aromatic N) is 2. The van der Waals surface area contributed by atoms with Crippen LogP contribution in [0.1, 0.15) is 30.8 Å². The topological polar surface area (TPSA) is 37.3 Å². The van der Waals surface area contributed by atoms with Crippen LogP contribution in [-0.4, -0.2) is 41.1 Å². The van der Waals surface area contributed by atoms with E-state index in [2.05, 4.69) is 28.6 Å². The molecule has 1 aromatic heterocycles. The Morgan fingerprint density at radius 1 is 1.47 bits per heavy atom. The van der Waals surface area contributed by atoms with Crippen molar-refractivity contribution in [1.82, 2.24) is 14.8 Å². The van der Waals surface area contributed by atoms with E-state index in [1.54, 1.807) is 0 Å². The Morgan fingerprint density at radius 2 is 2.32 bits per heavy atom. The van der Waals surface area contributed by atoms with Gasteiger partial charge in [0.05, 0.1) is 0 Å². The van der Waals surface area contributed by atoms with Gasteiger partial charge in [0.25, 0.3) is 5.91 Å². The van der Waals surface area contributed by atoms with Crippen LogP contribution in [0.3, 0.4) is 0 Å². The minimum absolute atomic E-state index is 0.209. The van der Waals surface area contributed by atoms with Crippen molar-refractivity contribution in [1.29, 1.82) is 0 Å². The van der Waals surface area contributed by atoms with Crippen LogP contribution in [0.15, 0.2) is 18.3 Å². The van der Waals surface area contributed by atoms with Crippen molar-refractivity contribution in [2.24, 2.45) is 11.8 Å². The fourth-order valence-electron chi connectivity index (χ4n) is 3.63. The second kappa shape index (κ2) is 5.00. The number of likely N-dealkylation sites (tertiary alicyclic amines) is 1. The van der Waals surface area contributed by atoms with Gasteiger partial charge < -0.3 is 14.8 Å². The van der Waals surface area contributed by atoms with E-state index in [0.717, 1.165) is 38.3 Å². The molecule has 2 fully saturated rings. The van der Waals surface area contributed by atoms with Crippen molar-refractivity contribution in [3.05, 3.63) is 24.0 Å². The summed E-state index contributed by atoms with van der Waals surface area (Å²) in [4.78, 5) is 14.8. The third-order valence-electron chi connectivity index (χ3n) is 4.71. The molecule has 0 bridgehead atoms. The average molecular weight is 261 g/mol. The fourth-order valence-corrected chi connectivity index (χ4v) is 3.63. The van der Waals surface area contributed by atoms with Crippen LogP contribution >= 0.6 is 0 Å². The van der Waals surface area contributed by atoms with Crippen molar-refractivity contribution in [3.8, 4) is 0 Å². The first-order valence-corrected chi connectivity index (χ1v) is 7.39. The standard InChI is InChI=1S/C15H23N3O/c1-3-6-17-7-4-5-14(17)15(19)18-10-12-8-16-9-13(12)11(18)2/h4-5,7,11-13,16H,3,6,8-10H2,1-2H3. The number of carbonyl (C=O) groups is 1. The molecule has 0 spiro atoms. The molecular formula is C15H23N3O. The van der Waals surface area contributed by atoms with Gasteiger partial charge in [-0.15, -0.1) is 0 Å². The van der Waals surface area contributed by atoms with Crippen molar-refractivity contribution < 1.29 is 4.79 Å². The summed E-state index contributed by atoms with van der Waals surface area (Å²) in [5.41, 5.74) is 0.849. The quantitative estimate of drug-likeness (QED) is 0.897. The Bertz CT molecular complexity index is 468. The smallest absolute Gasteiger partial charge is 0.270 e. The maximum atomic E-state index is 12.7. The van der Waals surface area contributed by atoms with Crippen molar-refractivity contribution >= 4 is 5.91 Å². The van der Waals surface area contributed by atoms with Crippen LogP contribution in [0.5, 0.6) is 0 Å². The summed E-state index contributed by atoms with van der Waals surface area (Å²) in [6.45, 7) is 8.30. The number of hydrogen-bond acceptors (Lipinski definition) is 2. The van der Waals surface area contributed by atoms with Crippen LogP contribution in [-0.2, 0) is 6.54 Å². The molecule has 4 nitrogen and oxygen atoms in total. The second-order valence-corrected chi connectivity index (χ2v) is 5.87. The van der Waals surface area contributed by atoms with E-state index in [-0.39, 0.29) is 5.91 Å².